The number of esters is 2. The standard InChI is InChI=1S/C24H44O6/c1-6-8-10-12-14-16-18-28-22(25)20(24(3,4)5)21(30-27)23(26)29-19-17-15-13-11-9-7-2/h27H,6-19H2,1-5H3/b21-20-. The highest BCUT2D eigenvalue weighted by Crippen LogP contribution is 2.30. The molecular weight excluding hydrogens is 384 g/mol. The van der Waals surface area contributed by atoms with Gasteiger partial charge in [-0.05, 0) is 18.3 Å². The van der Waals surface area contributed by atoms with Crippen LogP contribution in [0.5, 0.6) is 0 Å². The Morgan fingerprint density at radius 3 is 1.47 bits per heavy atom. The van der Waals surface area contributed by atoms with Crippen molar-refractivity contribution in [3.63, 3.8) is 0 Å². The Bertz CT molecular complexity index is 504. The van der Waals surface area contributed by atoms with Crippen LogP contribution in [-0.2, 0) is 24.0 Å². The van der Waals surface area contributed by atoms with Gasteiger partial charge in [-0.1, -0.05) is 98.8 Å². The molecule has 176 valence electrons. The lowest BCUT2D eigenvalue weighted by atomic mass is 9.85. The lowest BCUT2D eigenvalue weighted by Crippen LogP contribution is -2.27. The van der Waals surface area contributed by atoms with E-state index in [2.05, 4.69) is 18.7 Å². The van der Waals surface area contributed by atoms with Crippen molar-refractivity contribution in [3.05, 3.63) is 11.3 Å². The predicted molar refractivity (Wildman–Crippen MR) is 119 cm³/mol. The van der Waals surface area contributed by atoms with Gasteiger partial charge in [-0.25, -0.2) is 14.8 Å². The van der Waals surface area contributed by atoms with E-state index >= 15 is 0 Å². The summed E-state index contributed by atoms with van der Waals surface area (Å²) in [6, 6.07) is 0. The summed E-state index contributed by atoms with van der Waals surface area (Å²) in [5, 5.41) is 9.30. The predicted octanol–water partition coefficient (Wildman–Crippen LogP) is 6.58. The highest BCUT2D eigenvalue weighted by Gasteiger charge is 2.35. The first-order chi connectivity index (χ1) is 14.3. The number of hydrogen-bond acceptors (Lipinski definition) is 6. The van der Waals surface area contributed by atoms with Crippen LogP contribution in [0, 0.1) is 5.41 Å². The third-order valence-corrected chi connectivity index (χ3v) is 4.92. The van der Waals surface area contributed by atoms with Crippen LogP contribution in [0.25, 0.3) is 0 Å². The molecule has 0 aromatic rings. The van der Waals surface area contributed by atoms with E-state index in [1.807, 2.05) is 0 Å². The second-order valence-corrected chi connectivity index (χ2v) is 8.85. The van der Waals surface area contributed by atoms with Crippen LogP contribution < -0.4 is 0 Å². The molecule has 0 saturated heterocycles. The van der Waals surface area contributed by atoms with Gasteiger partial charge in [0.25, 0.3) is 5.76 Å². The zero-order valence-corrected chi connectivity index (χ0v) is 19.9. The lowest BCUT2D eigenvalue weighted by Gasteiger charge is -2.23. The van der Waals surface area contributed by atoms with E-state index in [0.717, 1.165) is 38.5 Å². The third kappa shape index (κ3) is 12.9. The van der Waals surface area contributed by atoms with Crippen molar-refractivity contribution in [2.24, 2.45) is 5.41 Å². The lowest BCUT2D eigenvalue weighted by molar-refractivity contribution is -0.214. The summed E-state index contributed by atoms with van der Waals surface area (Å²) >= 11 is 0. The zero-order valence-electron chi connectivity index (χ0n) is 19.9. The van der Waals surface area contributed by atoms with Gasteiger partial charge in [0, 0.05) is 0 Å². The Balaban J connectivity index is 4.73. The van der Waals surface area contributed by atoms with E-state index in [9.17, 15) is 14.8 Å². The van der Waals surface area contributed by atoms with Gasteiger partial charge in [0.2, 0.25) is 0 Å². The molecule has 0 amide bonds. The Morgan fingerprint density at radius 1 is 0.667 bits per heavy atom. The van der Waals surface area contributed by atoms with Crippen LogP contribution >= 0.6 is 0 Å². The molecule has 0 bridgehead atoms. The summed E-state index contributed by atoms with van der Waals surface area (Å²) < 4.78 is 10.6. The number of ether oxygens (including phenoxy) is 2. The van der Waals surface area contributed by atoms with E-state index in [-0.39, 0.29) is 18.8 Å². The van der Waals surface area contributed by atoms with E-state index in [1.54, 1.807) is 20.8 Å². The summed E-state index contributed by atoms with van der Waals surface area (Å²) in [6.45, 7) is 10.1. The van der Waals surface area contributed by atoms with Gasteiger partial charge in [0.1, 0.15) is 0 Å². The van der Waals surface area contributed by atoms with Crippen molar-refractivity contribution >= 4 is 11.9 Å². The highest BCUT2D eigenvalue weighted by atomic mass is 17.1. The normalized spacial score (nSPS) is 12.3. The average Bonchev–Trinajstić information content (AvgIpc) is 2.69. The quantitative estimate of drug-likeness (QED) is 0.0703. The largest absolute Gasteiger partial charge is 0.462 e. The van der Waals surface area contributed by atoms with E-state index in [0.29, 0.717) is 0 Å². The molecule has 0 aliphatic heterocycles. The fraction of sp³-hybridized carbons (Fsp3) is 0.833. The third-order valence-electron chi connectivity index (χ3n) is 4.92. The molecule has 0 heterocycles. The smallest absolute Gasteiger partial charge is 0.378 e. The molecule has 0 atom stereocenters. The van der Waals surface area contributed by atoms with Crippen LogP contribution in [0.4, 0.5) is 0 Å². The van der Waals surface area contributed by atoms with Crippen LogP contribution in [0.3, 0.4) is 0 Å². The van der Waals surface area contributed by atoms with Crippen molar-refractivity contribution in [1.82, 2.24) is 0 Å². The number of carbonyl (C=O) groups is 2. The summed E-state index contributed by atoms with van der Waals surface area (Å²) in [4.78, 5) is 29.3. The molecule has 0 aliphatic rings. The molecule has 1 N–H and O–H groups in total. The Morgan fingerprint density at radius 2 is 1.07 bits per heavy atom. The molecule has 0 aromatic carbocycles. The fourth-order valence-corrected chi connectivity index (χ4v) is 3.16. The summed E-state index contributed by atoms with van der Waals surface area (Å²) in [6.07, 6.45) is 12.8. The van der Waals surface area contributed by atoms with E-state index in [1.165, 1.54) is 38.5 Å². The molecule has 0 rings (SSSR count). The van der Waals surface area contributed by atoms with Gasteiger partial charge in [-0.3, -0.25) is 0 Å². The molecule has 0 aromatic heterocycles. The number of hydrogen-bond donors (Lipinski definition) is 1. The van der Waals surface area contributed by atoms with Crippen LogP contribution in [-0.4, -0.2) is 30.4 Å². The maximum Gasteiger partial charge on any atom is 0.378 e. The molecule has 0 saturated carbocycles. The van der Waals surface area contributed by atoms with Crippen molar-refractivity contribution in [2.45, 2.75) is 112 Å². The first-order valence-electron chi connectivity index (χ1n) is 11.7. The Kier molecular flexibility index (Phi) is 16.3. The van der Waals surface area contributed by atoms with Gasteiger partial charge in [0.05, 0.1) is 18.8 Å². The summed E-state index contributed by atoms with van der Waals surface area (Å²) in [5.41, 5.74) is -0.765. The second-order valence-electron chi connectivity index (χ2n) is 8.85. The molecule has 6 heteroatoms. The van der Waals surface area contributed by atoms with Gasteiger partial charge >= 0.3 is 11.9 Å². The SMILES string of the molecule is CCCCCCCCOC(=O)/C(OO)=C(\C(=O)OCCCCCCCC)C(C)(C)C. The maximum absolute atomic E-state index is 12.6. The van der Waals surface area contributed by atoms with Crippen LogP contribution in [0.1, 0.15) is 112 Å². The first kappa shape index (κ1) is 28.4. The Labute approximate surface area is 183 Å². The summed E-state index contributed by atoms with van der Waals surface area (Å²) in [7, 11) is 0. The van der Waals surface area contributed by atoms with Gasteiger partial charge < -0.3 is 14.4 Å². The minimum absolute atomic E-state index is 0.0103. The number of rotatable bonds is 17. The van der Waals surface area contributed by atoms with Crippen LogP contribution in [0.2, 0.25) is 0 Å². The minimum Gasteiger partial charge on any atom is -0.462 e. The van der Waals surface area contributed by atoms with Gasteiger partial charge in [0.15, 0.2) is 0 Å². The van der Waals surface area contributed by atoms with Crippen molar-refractivity contribution in [2.75, 3.05) is 13.2 Å². The highest BCUT2D eigenvalue weighted by molar-refractivity contribution is 5.99. The van der Waals surface area contributed by atoms with Crippen molar-refractivity contribution < 1.29 is 29.2 Å². The topological polar surface area (TPSA) is 82.1 Å². The van der Waals surface area contributed by atoms with Crippen molar-refractivity contribution in [3.8, 4) is 0 Å². The van der Waals surface area contributed by atoms with E-state index < -0.39 is 23.1 Å². The number of carbonyl (C=O) groups excluding carboxylic acids is 2. The number of unbranched alkanes of at least 4 members (excludes halogenated alkanes) is 10. The molecular formula is C24H44O6. The van der Waals surface area contributed by atoms with Crippen LogP contribution in [0.15, 0.2) is 11.3 Å². The molecule has 0 aliphatic carbocycles. The van der Waals surface area contributed by atoms with Gasteiger partial charge in [-0.15, -0.1) is 0 Å². The zero-order chi connectivity index (χ0) is 22.8. The molecule has 0 spiro atoms. The second kappa shape index (κ2) is 17.2. The molecule has 0 radical (unpaired) electrons. The Hall–Kier alpha value is -1.56. The molecule has 0 unspecified atom stereocenters. The summed E-state index contributed by atoms with van der Waals surface area (Å²) in [5.74, 6) is -1.98. The molecule has 30 heavy (non-hydrogen) atoms. The molecule has 6 nitrogen and oxygen atoms in total. The minimum atomic E-state index is -0.840. The molecule has 0 fully saturated rings. The average molecular weight is 429 g/mol. The fourth-order valence-electron chi connectivity index (χ4n) is 3.16. The van der Waals surface area contributed by atoms with E-state index in [4.69, 9.17) is 9.47 Å². The first-order valence-corrected chi connectivity index (χ1v) is 11.7. The maximum atomic E-state index is 12.6. The monoisotopic (exact) mass is 428 g/mol. The van der Waals surface area contributed by atoms with Gasteiger partial charge in [-0.2, -0.15) is 0 Å². The van der Waals surface area contributed by atoms with Crippen molar-refractivity contribution in [1.29, 1.82) is 0 Å².